The lowest BCUT2D eigenvalue weighted by molar-refractivity contribution is 0.174. The van der Waals surface area contributed by atoms with E-state index in [-0.39, 0.29) is 6.79 Å². The number of anilines is 1. The van der Waals surface area contributed by atoms with E-state index in [1.54, 1.807) is 12.1 Å². The number of nitrogen functional groups attached to an aromatic ring is 1. The lowest BCUT2D eigenvalue weighted by atomic mass is 10.0. The molecule has 0 fully saturated rings. The van der Waals surface area contributed by atoms with Gasteiger partial charge in [-0.15, -0.1) is 0 Å². The molecule has 0 atom stereocenters. The zero-order chi connectivity index (χ0) is 16.7. The van der Waals surface area contributed by atoms with Gasteiger partial charge < -0.3 is 19.9 Å². The van der Waals surface area contributed by atoms with Crippen LogP contribution in [-0.4, -0.2) is 23.9 Å². The largest absolute Gasteiger partial charge is 0.467 e. The number of aromatic nitrogens is 2. The quantitative estimate of drug-likeness (QED) is 0.736. The standard InChI is InChI=1S/C17H14ClN3O3/c1-22-17-20-11-4-3-10(18)16(19)15(11)12(21-17)6-9-2-5-13-14(7-9)24-8-23-13/h2-5,7H,6,8,19H2,1H3. The number of rotatable bonds is 3. The maximum absolute atomic E-state index is 6.16. The van der Waals surface area contributed by atoms with Gasteiger partial charge in [0.25, 0.3) is 0 Å². The van der Waals surface area contributed by atoms with Crippen molar-refractivity contribution in [2.75, 3.05) is 19.6 Å². The molecule has 7 heteroatoms. The molecule has 2 heterocycles. The lowest BCUT2D eigenvalue weighted by Crippen LogP contribution is -2.02. The van der Waals surface area contributed by atoms with Crippen LogP contribution in [0.3, 0.4) is 0 Å². The third-order valence-corrected chi connectivity index (χ3v) is 4.23. The molecule has 6 nitrogen and oxygen atoms in total. The van der Waals surface area contributed by atoms with Crippen molar-refractivity contribution in [2.24, 2.45) is 0 Å². The maximum atomic E-state index is 6.16. The third-order valence-electron chi connectivity index (χ3n) is 3.90. The average Bonchev–Trinajstić information content (AvgIpc) is 3.05. The molecule has 1 aliphatic heterocycles. The van der Waals surface area contributed by atoms with Crippen LogP contribution in [0.25, 0.3) is 10.9 Å². The van der Waals surface area contributed by atoms with Crippen LogP contribution in [0.4, 0.5) is 5.69 Å². The molecule has 3 aromatic rings. The number of hydrogen-bond donors (Lipinski definition) is 1. The highest BCUT2D eigenvalue weighted by molar-refractivity contribution is 6.34. The highest BCUT2D eigenvalue weighted by Gasteiger charge is 2.17. The highest BCUT2D eigenvalue weighted by atomic mass is 35.5. The topological polar surface area (TPSA) is 79.5 Å². The van der Waals surface area contributed by atoms with Crippen LogP contribution >= 0.6 is 11.6 Å². The van der Waals surface area contributed by atoms with E-state index < -0.39 is 0 Å². The number of nitrogens with two attached hydrogens (primary N) is 1. The van der Waals surface area contributed by atoms with Gasteiger partial charge in [0.15, 0.2) is 11.5 Å². The Morgan fingerprint density at radius 3 is 2.83 bits per heavy atom. The minimum atomic E-state index is 0.242. The SMILES string of the molecule is COc1nc(Cc2ccc3c(c2)OCO3)c2c(N)c(Cl)ccc2n1. The zero-order valence-corrected chi connectivity index (χ0v) is 13.6. The first-order chi connectivity index (χ1) is 11.7. The molecule has 0 unspecified atom stereocenters. The first kappa shape index (κ1) is 14.8. The third kappa shape index (κ3) is 2.45. The summed E-state index contributed by atoms with van der Waals surface area (Å²) in [6.07, 6.45) is 0.538. The van der Waals surface area contributed by atoms with Crippen molar-refractivity contribution in [2.45, 2.75) is 6.42 Å². The molecule has 4 rings (SSSR count). The van der Waals surface area contributed by atoms with Crippen LogP contribution in [0.15, 0.2) is 30.3 Å². The Bertz CT molecular complexity index is 946. The Morgan fingerprint density at radius 1 is 1.17 bits per heavy atom. The minimum Gasteiger partial charge on any atom is -0.467 e. The molecule has 0 bridgehead atoms. The van der Waals surface area contributed by atoms with Gasteiger partial charge in [0, 0.05) is 11.8 Å². The van der Waals surface area contributed by atoms with E-state index in [9.17, 15) is 0 Å². The molecule has 2 N–H and O–H groups in total. The van der Waals surface area contributed by atoms with Gasteiger partial charge in [-0.1, -0.05) is 17.7 Å². The normalized spacial score (nSPS) is 12.6. The van der Waals surface area contributed by atoms with Crippen LogP contribution in [0, 0.1) is 0 Å². The molecule has 24 heavy (non-hydrogen) atoms. The van der Waals surface area contributed by atoms with E-state index in [4.69, 9.17) is 31.5 Å². The molecule has 0 spiro atoms. The molecule has 2 aromatic carbocycles. The summed E-state index contributed by atoms with van der Waals surface area (Å²) in [4.78, 5) is 8.81. The summed E-state index contributed by atoms with van der Waals surface area (Å²) in [5.74, 6) is 1.47. The van der Waals surface area contributed by atoms with Crippen molar-refractivity contribution in [3.8, 4) is 17.5 Å². The smallest absolute Gasteiger partial charge is 0.316 e. The van der Waals surface area contributed by atoms with Gasteiger partial charge in [-0.3, -0.25) is 0 Å². The second kappa shape index (κ2) is 5.72. The second-order valence-corrected chi connectivity index (χ2v) is 5.78. The highest BCUT2D eigenvalue weighted by Crippen LogP contribution is 2.35. The minimum absolute atomic E-state index is 0.242. The molecule has 0 amide bonds. The molecule has 1 aromatic heterocycles. The van der Waals surface area contributed by atoms with Crippen LogP contribution in [0.5, 0.6) is 17.5 Å². The summed E-state index contributed by atoms with van der Waals surface area (Å²) >= 11 is 6.16. The molecule has 0 saturated carbocycles. The van der Waals surface area contributed by atoms with Gasteiger partial charge in [-0.05, 0) is 29.8 Å². The Kier molecular flexibility index (Phi) is 3.54. The number of halogens is 1. The second-order valence-electron chi connectivity index (χ2n) is 5.38. The summed E-state index contributed by atoms with van der Waals surface area (Å²) in [7, 11) is 1.53. The predicted octanol–water partition coefficient (Wildman–Crippen LogP) is 3.19. The Labute approximate surface area is 143 Å². The average molecular weight is 344 g/mol. The maximum Gasteiger partial charge on any atom is 0.316 e. The van der Waals surface area contributed by atoms with Gasteiger partial charge in [0.2, 0.25) is 6.79 Å². The fourth-order valence-electron chi connectivity index (χ4n) is 2.74. The van der Waals surface area contributed by atoms with E-state index in [1.807, 2.05) is 18.2 Å². The first-order valence-corrected chi connectivity index (χ1v) is 7.70. The summed E-state index contributed by atoms with van der Waals surface area (Å²) in [5, 5.41) is 1.21. The zero-order valence-electron chi connectivity index (χ0n) is 12.9. The Morgan fingerprint density at radius 2 is 2.00 bits per heavy atom. The van der Waals surface area contributed by atoms with E-state index in [1.165, 1.54) is 7.11 Å². The van der Waals surface area contributed by atoms with Crippen molar-refractivity contribution < 1.29 is 14.2 Å². The van der Waals surface area contributed by atoms with E-state index in [0.717, 1.165) is 28.1 Å². The van der Waals surface area contributed by atoms with Gasteiger partial charge in [0.05, 0.1) is 29.0 Å². The Hall–Kier alpha value is -2.73. The van der Waals surface area contributed by atoms with Crippen LogP contribution in [0.2, 0.25) is 5.02 Å². The predicted molar refractivity (Wildman–Crippen MR) is 90.9 cm³/mol. The monoisotopic (exact) mass is 343 g/mol. The fourth-order valence-corrected chi connectivity index (χ4v) is 2.90. The van der Waals surface area contributed by atoms with E-state index in [2.05, 4.69) is 9.97 Å². The van der Waals surface area contributed by atoms with Crippen molar-refractivity contribution >= 4 is 28.2 Å². The van der Waals surface area contributed by atoms with Crippen molar-refractivity contribution in [1.29, 1.82) is 0 Å². The summed E-state index contributed by atoms with van der Waals surface area (Å²) in [6.45, 7) is 0.242. The van der Waals surface area contributed by atoms with Gasteiger partial charge >= 0.3 is 6.01 Å². The van der Waals surface area contributed by atoms with Crippen LogP contribution < -0.4 is 19.9 Å². The molecule has 1 aliphatic rings. The molecule has 0 saturated heterocycles. The lowest BCUT2D eigenvalue weighted by Gasteiger charge is -2.11. The summed E-state index contributed by atoms with van der Waals surface area (Å²) in [5.41, 5.74) is 9.08. The Balaban J connectivity index is 1.84. The summed E-state index contributed by atoms with van der Waals surface area (Å²) in [6, 6.07) is 9.60. The van der Waals surface area contributed by atoms with Crippen molar-refractivity contribution in [3.05, 3.63) is 46.6 Å². The van der Waals surface area contributed by atoms with Crippen LogP contribution in [0.1, 0.15) is 11.3 Å². The molecular weight excluding hydrogens is 330 g/mol. The van der Waals surface area contributed by atoms with Gasteiger partial charge in [-0.2, -0.15) is 9.97 Å². The molecule has 122 valence electrons. The van der Waals surface area contributed by atoms with Gasteiger partial charge in [0.1, 0.15) is 0 Å². The van der Waals surface area contributed by atoms with E-state index >= 15 is 0 Å². The van der Waals surface area contributed by atoms with Gasteiger partial charge in [-0.25, -0.2) is 0 Å². The molecule has 0 radical (unpaired) electrons. The number of benzene rings is 2. The number of hydrogen-bond acceptors (Lipinski definition) is 6. The molecule has 0 aliphatic carbocycles. The number of ether oxygens (including phenoxy) is 3. The number of fused-ring (bicyclic) bond motifs is 2. The van der Waals surface area contributed by atoms with Crippen LogP contribution in [-0.2, 0) is 6.42 Å². The van der Waals surface area contributed by atoms with Crippen molar-refractivity contribution in [3.63, 3.8) is 0 Å². The number of methoxy groups -OCH3 is 1. The summed E-state index contributed by atoms with van der Waals surface area (Å²) < 4.78 is 16.0. The number of nitrogens with zero attached hydrogens (tertiary/aromatic N) is 2. The molecular formula is C17H14ClN3O3. The first-order valence-electron chi connectivity index (χ1n) is 7.33. The van der Waals surface area contributed by atoms with Crippen molar-refractivity contribution in [1.82, 2.24) is 9.97 Å². The fraction of sp³-hybridized carbons (Fsp3) is 0.176. The van der Waals surface area contributed by atoms with E-state index in [0.29, 0.717) is 28.7 Å².